The van der Waals surface area contributed by atoms with E-state index in [1.54, 1.807) is 0 Å². The van der Waals surface area contributed by atoms with Gasteiger partial charge in [0.05, 0.1) is 5.69 Å². The zero-order chi connectivity index (χ0) is 12.3. The van der Waals surface area contributed by atoms with Crippen molar-refractivity contribution in [2.24, 2.45) is 11.7 Å². The first kappa shape index (κ1) is 12.6. The minimum atomic E-state index is 0.292. The first-order chi connectivity index (χ1) is 8.19. The third-order valence-corrected chi connectivity index (χ3v) is 4.04. The lowest BCUT2D eigenvalue weighted by molar-refractivity contribution is 0.275. The monoisotopic (exact) mass is 235 g/mol. The molecule has 1 fully saturated rings. The van der Waals surface area contributed by atoms with E-state index >= 15 is 0 Å². The summed E-state index contributed by atoms with van der Waals surface area (Å²) in [6.07, 6.45) is 9.48. The highest BCUT2D eigenvalue weighted by molar-refractivity contribution is 5.02. The van der Waals surface area contributed by atoms with Crippen LogP contribution < -0.4 is 5.73 Å². The summed E-state index contributed by atoms with van der Waals surface area (Å²) in [6.45, 7) is 4.39. The molecule has 1 aromatic rings. The van der Waals surface area contributed by atoms with Crippen LogP contribution in [0.1, 0.15) is 57.7 Å². The number of nitrogens with zero attached hydrogens (tertiary/aromatic N) is 2. The molecule has 0 saturated heterocycles. The van der Waals surface area contributed by atoms with Crippen LogP contribution in [0.3, 0.4) is 0 Å². The molecular weight excluding hydrogens is 210 g/mol. The molecule has 2 atom stereocenters. The highest BCUT2D eigenvalue weighted by Gasteiger charge is 2.20. The molecule has 3 heteroatoms. The summed E-state index contributed by atoms with van der Waals surface area (Å²) >= 11 is 0. The average Bonchev–Trinajstić information content (AvgIpc) is 2.71. The molecule has 0 bridgehead atoms. The number of hydrogen-bond acceptors (Lipinski definition) is 2. The molecule has 17 heavy (non-hydrogen) atoms. The van der Waals surface area contributed by atoms with Gasteiger partial charge in [-0.15, -0.1) is 0 Å². The van der Waals surface area contributed by atoms with Crippen LogP contribution in [0.15, 0.2) is 12.3 Å². The van der Waals surface area contributed by atoms with Crippen molar-refractivity contribution in [3.8, 4) is 0 Å². The second-order valence-electron chi connectivity index (χ2n) is 5.54. The van der Waals surface area contributed by atoms with Crippen molar-refractivity contribution in [1.82, 2.24) is 9.78 Å². The standard InChI is InChI=1S/C14H25N3/c1-3-11(2)17-8-7-14(16-17)10-13(15)9-12-5-4-6-12/h7-8,11-13H,3-6,9-10,15H2,1-2H3. The molecule has 1 heterocycles. The SMILES string of the molecule is CCC(C)n1ccc(CC(N)CC2CCC2)n1. The van der Waals surface area contributed by atoms with Crippen LogP contribution in [0.2, 0.25) is 0 Å². The van der Waals surface area contributed by atoms with E-state index in [0.29, 0.717) is 12.1 Å². The van der Waals surface area contributed by atoms with Crippen molar-refractivity contribution in [3.05, 3.63) is 18.0 Å². The van der Waals surface area contributed by atoms with Crippen LogP contribution in [0, 0.1) is 5.92 Å². The Morgan fingerprint density at radius 1 is 1.53 bits per heavy atom. The lowest BCUT2D eigenvalue weighted by atomic mass is 9.80. The summed E-state index contributed by atoms with van der Waals surface area (Å²) in [5.74, 6) is 0.890. The van der Waals surface area contributed by atoms with Gasteiger partial charge in [-0.1, -0.05) is 26.2 Å². The summed E-state index contributed by atoms with van der Waals surface area (Å²) in [5.41, 5.74) is 7.33. The van der Waals surface area contributed by atoms with Gasteiger partial charge in [0.1, 0.15) is 0 Å². The average molecular weight is 235 g/mol. The van der Waals surface area contributed by atoms with E-state index in [9.17, 15) is 0 Å². The van der Waals surface area contributed by atoms with E-state index in [-0.39, 0.29) is 0 Å². The Morgan fingerprint density at radius 2 is 2.29 bits per heavy atom. The topological polar surface area (TPSA) is 43.8 Å². The number of nitrogens with two attached hydrogens (primary N) is 1. The molecule has 2 N–H and O–H groups in total. The van der Waals surface area contributed by atoms with Gasteiger partial charge in [-0.2, -0.15) is 5.10 Å². The molecule has 96 valence electrons. The van der Waals surface area contributed by atoms with Gasteiger partial charge in [-0.05, 0) is 31.7 Å². The quantitative estimate of drug-likeness (QED) is 0.824. The van der Waals surface area contributed by atoms with Crippen LogP contribution in [-0.2, 0) is 6.42 Å². The van der Waals surface area contributed by atoms with Gasteiger partial charge in [0.2, 0.25) is 0 Å². The van der Waals surface area contributed by atoms with Crippen molar-refractivity contribution in [2.45, 2.75) is 64.5 Å². The van der Waals surface area contributed by atoms with E-state index < -0.39 is 0 Å². The summed E-state index contributed by atoms with van der Waals surface area (Å²) in [5, 5.41) is 4.61. The molecule has 3 nitrogen and oxygen atoms in total. The molecule has 2 unspecified atom stereocenters. The Kier molecular flexibility index (Phi) is 4.21. The number of rotatable bonds is 6. The van der Waals surface area contributed by atoms with Crippen LogP contribution in [0.4, 0.5) is 0 Å². The van der Waals surface area contributed by atoms with E-state index in [2.05, 4.69) is 35.9 Å². The molecule has 1 aliphatic rings. The minimum absolute atomic E-state index is 0.292. The van der Waals surface area contributed by atoms with Gasteiger partial charge >= 0.3 is 0 Å². The maximum Gasteiger partial charge on any atom is 0.0640 e. The zero-order valence-corrected chi connectivity index (χ0v) is 11.1. The smallest absolute Gasteiger partial charge is 0.0640 e. The molecular formula is C14H25N3. The third kappa shape index (κ3) is 3.32. The molecule has 1 aliphatic carbocycles. The Labute approximate surface area is 104 Å². The maximum absolute atomic E-state index is 6.18. The Bertz CT molecular complexity index is 341. The molecule has 0 radical (unpaired) electrons. The summed E-state index contributed by atoms with van der Waals surface area (Å²) in [4.78, 5) is 0. The maximum atomic E-state index is 6.18. The Morgan fingerprint density at radius 3 is 2.88 bits per heavy atom. The van der Waals surface area contributed by atoms with Gasteiger partial charge in [0, 0.05) is 24.7 Å². The molecule has 1 saturated carbocycles. The molecule has 0 spiro atoms. The van der Waals surface area contributed by atoms with Gasteiger partial charge in [-0.25, -0.2) is 0 Å². The zero-order valence-electron chi connectivity index (χ0n) is 11.1. The Hall–Kier alpha value is -0.830. The van der Waals surface area contributed by atoms with E-state index in [1.807, 2.05) is 0 Å². The summed E-state index contributed by atoms with van der Waals surface area (Å²) in [7, 11) is 0. The Balaban J connectivity index is 1.82. The van der Waals surface area contributed by atoms with Crippen molar-refractivity contribution in [1.29, 1.82) is 0 Å². The second-order valence-corrected chi connectivity index (χ2v) is 5.54. The molecule has 2 rings (SSSR count). The van der Waals surface area contributed by atoms with Crippen molar-refractivity contribution in [2.75, 3.05) is 0 Å². The van der Waals surface area contributed by atoms with Crippen LogP contribution in [-0.4, -0.2) is 15.8 Å². The highest BCUT2D eigenvalue weighted by atomic mass is 15.3. The minimum Gasteiger partial charge on any atom is -0.327 e. The predicted molar refractivity (Wildman–Crippen MR) is 70.9 cm³/mol. The number of hydrogen-bond donors (Lipinski definition) is 1. The fraction of sp³-hybridized carbons (Fsp3) is 0.786. The van der Waals surface area contributed by atoms with Crippen molar-refractivity contribution < 1.29 is 0 Å². The van der Waals surface area contributed by atoms with Gasteiger partial charge in [0.25, 0.3) is 0 Å². The lowest BCUT2D eigenvalue weighted by Crippen LogP contribution is -2.28. The van der Waals surface area contributed by atoms with Crippen LogP contribution >= 0.6 is 0 Å². The third-order valence-electron chi connectivity index (χ3n) is 4.04. The molecule has 0 amide bonds. The van der Waals surface area contributed by atoms with Gasteiger partial charge in [-0.3, -0.25) is 4.68 Å². The van der Waals surface area contributed by atoms with Crippen molar-refractivity contribution in [3.63, 3.8) is 0 Å². The van der Waals surface area contributed by atoms with Gasteiger partial charge < -0.3 is 5.73 Å². The molecule has 0 aromatic carbocycles. The highest BCUT2D eigenvalue weighted by Crippen LogP contribution is 2.30. The van der Waals surface area contributed by atoms with Crippen molar-refractivity contribution >= 4 is 0 Å². The fourth-order valence-electron chi connectivity index (χ4n) is 2.43. The summed E-state index contributed by atoms with van der Waals surface area (Å²) < 4.78 is 2.06. The van der Waals surface area contributed by atoms with E-state index in [4.69, 9.17) is 5.73 Å². The van der Waals surface area contributed by atoms with E-state index in [1.165, 1.54) is 25.7 Å². The molecule has 1 aromatic heterocycles. The molecule has 0 aliphatic heterocycles. The lowest BCUT2D eigenvalue weighted by Gasteiger charge is -2.27. The van der Waals surface area contributed by atoms with E-state index in [0.717, 1.165) is 24.5 Å². The predicted octanol–water partition coefficient (Wildman–Crippen LogP) is 2.91. The largest absolute Gasteiger partial charge is 0.327 e. The van der Waals surface area contributed by atoms with Crippen LogP contribution in [0.5, 0.6) is 0 Å². The van der Waals surface area contributed by atoms with Crippen LogP contribution in [0.25, 0.3) is 0 Å². The normalized spacial score (nSPS) is 19.9. The number of aromatic nitrogens is 2. The summed E-state index contributed by atoms with van der Waals surface area (Å²) in [6, 6.07) is 2.90. The first-order valence-electron chi connectivity index (χ1n) is 6.98. The van der Waals surface area contributed by atoms with Gasteiger partial charge in [0.15, 0.2) is 0 Å². The first-order valence-corrected chi connectivity index (χ1v) is 6.98. The second kappa shape index (κ2) is 5.67. The fourth-order valence-corrected chi connectivity index (χ4v) is 2.43.